The standard InChI is InChI=1S/C9H14ClNO/c1-3-6(2)9(11)7-4-5-8(10)12-7/h4-6,9H,3,11H2,1-2H3/t6?,9-/m1/s1. The van der Waals surface area contributed by atoms with E-state index in [-0.39, 0.29) is 6.04 Å². The maximum Gasteiger partial charge on any atom is 0.193 e. The van der Waals surface area contributed by atoms with Crippen LogP contribution in [0.25, 0.3) is 0 Å². The molecule has 3 heteroatoms. The summed E-state index contributed by atoms with van der Waals surface area (Å²) in [5.74, 6) is 1.20. The molecule has 0 spiro atoms. The molecule has 0 aliphatic rings. The summed E-state index contributed by atoms with van der Waals surface area (Å²) in [5, 5.41) is 0.406. The van der Waals surface area contributed by atoms with Crippen molar-refractivity contribution in [2.24, 2.45) is 11.7 Å². The smallest absolute Gasteiger partial charge is 0.193 e. The SMILES string of the molecule is CCC(C)[C@@H](N)c1ccc(Cl)o1. The second kappa shape index (κ2) is 3.97. The molecule has 1 aromatic heterocycles. The average Bonchev–Trinajstić information content (AvgIpc) is 2.49. The lowest BCUT2D eigenvalue weighted by atomic mass is 9.98. The Hall–Kier alpha value is -0.470. The van der Waals surface area contributed by atoms with Gasteiger partial charge in [-0.05, 0) is 29.7 Å². The van der Waals surface area contributed by atoms with Crippen LogP contribution in [-0.2, 0) is 0 Å². The molecule has 0 radical (unpaired) electrons. The number of hydrogen-bond acceptors (Lipinski definition) is 2. The van der Waals surface area contributed by atoms with Gasteiger partial charge in [0.1, 0.15) is 5.76 Å². The third-order valence-electron chi connectivity index (χ3n) is 2.18. The van der Waals surface area contributed by atoms with Crippen molar-refractivity contribution in [3.8, 4) is 0 Å². The second-order valence-electron chi connectivity index (χ2n) is 3.05. The van der Waals surface area contributed by atoms with E-state index in [4.69, 9.17) is 21.8 Å². The number of furan rings is 1. The third kappa shape index (κ3) is 2.02. The quantitative estimate of drug-likeness (QED) is 0.790. The van der Waals surface area contributed by atoms with Crippen molar-refractivity contribution in [2.75, 3.05) is 0 Å². The molecule has 1 heterocycles. The largest absolute Gasteiger partial charge is 0.448 e. The number of rotatable bonds is 3. The molecule has 0 bridgehead atoms. The fraction of sp³-hybridized carbons (Fsp3) is 0.556. The first-order chi connectivity index (χ1) is 5.65. The van der Waals surface area contributed by atoms with Crippen molar-refractivity contribution < 1.29 is 4.42 Å². The first kappa shape index (κ1) is 9.62. The normalized spacial score (nSPS) is 16.0. The van der Waals surface area contributed by atoms with Crippen molar-refractivity contribution >= 4 is 11.6 Å². The van der Waals surface area contributed by atoms with Crippen molar-refractivity contribution in [1.82, 2.24) is 0 Å². The Labute approximate surface area is 77.7 Å². The molecular formula is C9H14ClNO. The highest BCUT2D eigenvalue weighted by atomic mass is 35.5. The molecule has 1 unspecified atom stereocenters. The lowest BCUT2D eigenvalue weighted by Crippen LogP contribution is -2.17. The monoisotopic (exact) mass is 187 g/mol. The summed E-state index contributed by atoms with van der Waals surface area (Å²) < 4.78 is 5.21. The van der Waals surface area contributed by atoms with E-state index in [9.17, 15) is 0 Å². The molecule has 12 heavy (non-hydrogen) atoms. The van der Waals surface area contributed by atoms with Crippen LogP contribution < -0.4 is 5.73 Å². The van der Waals surface area contributed by atoms with E-state index in [1.54, 1.807) is 6.07 Å². The second-order valence-corrected chi connectivity index (χ2v) is 3.43. The lowest BCUT2D eigenvalue weighted by Gasteiger charge is -2.15. The fourth-order valence-electron chi connectivity index (χ4n) is 1.04. The zero-order chi connectivity index (χ0) is 9.14. The van der Waals surface area contributed by atoms with Gasteiger partial charge in [-0.15, -0.1) is 0 Å². The van der Waals surface area contributed by atoms with Crippen molar-refractivity contribution in [3.05, 3.63) is 23.1 Å². The van der Waals surface area contributed by atoms with Gasteiger partial charge in [0.15, 0.2) is 5.22 Å². The Morgan fingerprint density at radius 1 is 1.58 bits per heavy atom. The molecule has 0 aliphatic heterocycles. The molecule has 1 rings (SSSR count). The molecule has 68 valence electrons. The third-order valence-corrected chi connectivity index (χ3v) is 2.38. The maximum atomic E-state index is 5.91. The van der Waals surface area contributed by atoms with Crippen LogP contribution in [0, 0.1) is 5.92 Å². The highest BCUT2D eigenvalue weighted by Crippen LogP contribution is 2.25. The number of halogens is 1. The maximum absolute atomic E-state index is 5.91. The van der Waals surface area contributed by atoms with Gasteiger partial charge in [0.05, 0.1) is 6.04 Å². The summed E-state index contributed by atoms with van der Waals surface area (Å²) in [5.41, 5.74) is 5.91. The van der Waals surface area contributed by atoms with Gasteiger partial charge < -0.3 is 10.2 Å². The lowest BCUT2D eigenvalue weighted by molar-refractivity contribution is 0.377. The Morgan fingerprint density at radius 3 is 2.67 bits per heavy atom. The van der Waals surface area contributed by atoms with Gasteiger partial charge in [-0.2, -0.15) is 0 Å². The highest BCUT2D eigenvalue weighted by Gasteiger charge is 2.16. The first-order valence-corrected chi connectivity index (χ1v) is 4.53. The molecule has 0 aromatic carbocycles. The highest BCUT2D eigenvalue weighted by molar-refractivity contribution is 6.28. The van der Waals surface area contributed by atoms with Crippen LogP contribution in [0.4, 0.5) is 0 Å². The van der Waals surface area contributed by atoms with Crippen LogP contribution in [0.5, 0.6) is 0 Å². The zero-order valence-corrected chi connectivity index (χ0v) is 8.14. The van der Waals surface area contributed by atoms with Gasteiger partial charge in [0.25, 0.3) is 0 Å². The molecule has 2 N–H and O–H groups in total. The molecule has 2 nitrogen and oxygen atoms in total. The van der Waals surface area contributed by atoms with Crippen molar-refractivity contribution in [3.63, 3.8) is 0 Å². The van der Waals surface area contributed by atoms with Crippen LogP contribution >= 0.6 is 11.6 Å². The van der Waals surface area contributed by atoms with Gasteiger partial charge in [0.2, 0.25) is 0 Å². The minimum Gasteiger partial charge on any atom is -0.448 e. The van der Waals surface area contributed by atoms with E-state index < -0.39 is 0 Å². The molecular weight excluding hydrogens is 174 g/mol. The first-order valence-electron chi connectivity index (χ1n) is 4.16. The van der Waals surface area contributed by atoms with Gasteiger partial charge in [0, 0.05) is 0 Å². The Morgan fingerprint density at radius 2 is 2.25 bits per heavy atom. The number of hydrogen-bond donors (Lipinski definition) is 1. The van der Waals surface area contributed by atoms with Gasteiger partial charge in [-0.3, -0.25) is 0 Å². The molecule has 0 fully saturated rings. The summed E-state index contributed by atoms with van der Waals surface area (Å²) in [6, 6.07) is 3.51. The van der Waals surface area contributed by atoms with Gasteiger partial charge in [-0.1, -0.05) is 20.3 Å². The summed E-state index contributed by atoms with van der Waals surface area (Å²) >= 11 is 5.63. The molecule has 0 aliphatic carbocycles. The van der Waals surface area contributed by atoms with E-state index in [2.05, 4.69) is 13.8 Å². The predicted molar refractivity (Wildman–Crippen MR) is 50.1 cm³/mol. The van der Waals surface area contributed by atoms with Crippen LogP contribution in [0.3, 0.4) is 0 Å². The minimum absolute atomic E-state index is 0.0394. The predicted octanol–water partition coefficient (Wildman–Crippen LogP) is 2.98. The van der Waals surface area contributed by atoms with Gasteiger partial charge in [-0.25, -0.2) is 0 Å². The van der Waals surface area contributed by atoms with E-state index in [1.807, 2.05) is 6.07 Å². The van der Waals surface area contributed by atoms with Crippen molar-refractivity contribution in [2.45, 2.75) is 26.3 Å². The van der Waals surface area contributed by atoms with Crippen LogP contribution in [-0.4, -0.2) is 0 Å². The van der Waals surface area contributed by atoms with Crippen molar-refractivity contribution in [1.29, 1.82) is 0 Å². The minimum atomic E-state index is -0.0394. The number of nitrogens with two attached hydrogens (primary N) is 1. The Balaban J connectivity index is 2.70. The van der Waals surface area contributed by atoms with Gasteiger partial charge >= 0.3 is 0 Å². The summed E-state index contributed by atoms with van der Waals surface area (Å²) in [6.07, 6.45) is 1.04. The Bertz CT molecular complexity index is 246. The van der Waals surface area contributed by atoms with Crippen LogP contribution in [0.15, 0.2) is 16.5 Å². The van der Waals surface area contributed by atoms with E-state index in [0.29, 0.717) is 11.1 Å². The van der Waals surface area contributed by atoms with Crippen LogP contribution in [0.1, 0.15) is 32.1 Å². The topological polar surface area (TPSA) is 39.2 Å². The van der Waals surface area contributed by atoms with E-state index in [0.717, 1.165) is 12.2 Å². The molecule has 1 aromatic rings. The van der Waals surface area contributed by atoms with E-state index in [1.165, 1.54) is 0 Å². The molecule has 0 saturated heterocycles. The zero-order valence-electron chi connectivity index (χ0n) is 7.38. The van der Waals surface area contributed by atoms with Crippen LogP contribution in [0.2, 0.25) is 5.22 Å². The average molecular weight is 188 g/mol. The summed E-state index contributed by atoms with van der Waals surface area (Å²) in [7, 11) is 0. The molecule has 0 saturated carbocycles. The fourth-order valence-corrected chi connectivity index (χ4v) is 1.19. The Kier molecular flexibility index (Phi) is 3.18. The van der Waals surface area contributed by atoms with E-state index >= 15 is 0 Å². The molecule has 2 atom stereocenters. The summed E-state index contributed by atoms with van der Waals surface area (Å²) in [6.45, 7) is 4.20. The summed E-state index contributed by atoms with van der Waals surface area (Å²) in [4.78, 5) is 0. The molecule has 0 amide bonds.